The van der Waals surface area contributed by atoms with E-state index in [9.17, 15) is 14.9 Å². The molecule has 0 radical (unpaired) electrons. The summed E-state index contributed by atoms with van der Waals surface area (Å²) in [5.74, 6) is 0. The molecule has 10 heteroatoms. The van der Waals surface area contributed by atoms with Crippen LogP contribution < -0.4 is 15.9 Å². The highest BCUT2D eigenvalue weighted by Gasteiger charge is 2.28. The van der Waals surface area contributed by atoms with Crippen molar-refractivity contribution >= 4 is 34.5 Å². The molecule has 0 aliphatic carbocycles. The Kier molecular flexibility index (Phi) is 6.77. The van der Waals surface area contributed by atoms with Gasteiger partial charge in [-0.25, -0.2) is 14.6 Å². The van der Waals surface area contributed by atoms with Gasteiger partial charge in [0.15, 0.2) is 5.65 Å². The number of ether oxygens (including phenoxy) is 1. The number of carbonyl (C=O) groups is 1. The number of imidazole rings is 1. The maximum Gasteiger partial charge on any atom is 0.407 e. The van der Waals surface area contributed by atoms with E-state index in [0.717, 1.165) is 30.6 Å². The summed E-state index contributed by atoms with van der Waals surface area (Å²) < 4.78 is 8.53. The molecule has 184 valence electrons. The highest BCUT2D eigenvalue weighted by Crippen LogP contribution is 2.31. The quantitative estimate of drug-likeness (QED) is 0.551. The van der Waals surface area contributed by atoms with Gasteiger partial charge in [0.1, 0.15) is 16.3 Å². The van der Waals surface area contributed by atoms with Crippen molar-refractivity contribution in [3.05, 3.63) is 57.1 Å². The number of hydrogen-bond donors (Lipinski definition) is 1. The van der Waals surface area contributed by atoms with Crippen molar-refractivity contribution in [2.24, 2.45) is 7.05 Å². The van der Waals surface area contributed by atoms with Gasteiger partial charge in [-0.3, -0.25) is 9.13 Å². The van der Waals surface area contributed by atoms with E-state index in [-0.39, 0.29) is 23.4 Å². The smallest absolute Gasteiger partial charge is 0.407 e. The topological polar surface area (TPSA) is 105 Å². The highest BCUT2D eigenvalue weighted by molar-refractivity contribution is 6.30. The molecule has 1 aliphatic heterocycles. The standard InChI is InChI=1S/C25H29ClN6O3/c1-25(2,3)35-23(33)28-18-10-7-11-31(15-18)19-12-20(26)29-22-21(19)32(24(34)30(22)4)14-17-9-6-5-8-16(17)13-27/h5-6,8-9,12,18H,7,10-11,14-15H2,1-4H3,(H,28,33). The van der Waals surface area contributed by atoms with Crippen molar-refractivity contribution in [3.63, 3.8) is 0 Å². The van der Waals surface area contributed by atoms with Crippen LogP contribution in [-0.4, -0.2) is 44.9 Å². The third kappa shape index (κ3) is 5.28. The van der Waals surface area contributed by atoms with E-state index in [4.69, 9.17) is 16.3 Å². The number of pyridine rings is 1. The first-order chi connectivity index (χ1) is 16.6. The first-order valence-corrected chi connectivity index (χ1v) is 11.9. The molecule has 1 atom stereocenters. The van der Waals surface area contributed by atoms with E-state index in [2.05, 4.69) is 21.3 Å². The molecule has 1 aliphatic rings. The van der Waals surface area contributed by atoms with Crippen LogP contribution in [0.2, 0.25) is 5.15 Å². The van der Waals surface area contributed by atoms with E-state index < -0.39 is 11.7 Å². The molecule has 4 rings (SSSR count). The average Bonchev–Trinajstić information content (AvgIpc) is 3.02. The number of nitrogens with one attached hydrogen (secondary N) is 1. The van der Waals surface area contributed by atoms with Crippen LogP contribution in [0.1, 0.15) is 44.7 Å². The predicted octanol–water partition coefficient (Wildman–Crippen LogP) is 3.80. The van der Waals surface area contributed by atoms with Crippen LogP contribution in [0.4, 0.5) is 10.5 Å². The first-order valence-electron chi connectivity index (χ1n) is 11.6. The summed E-state index contributed by atoms with van der Waals surface area (Å²) >= 11 is 6.38. The lowest BCUT2D eigenvalue weighted by Crippen LogP contribution is -2.49. The lowest BCUT2D eigenvalue weighted by atomic mass is 10.0. The van der Waals surface area contributed by atoms with E-state index in [1.54, 1.807) is 29.8 Å². The number of halogens is 1. The molecular formula is C25H29ClN6O3. The van der Waals surface area contributed by atoms with Crippen molar-refractivity contribution in [2.45, 2.75) is 51.8 Å². The number of aryl methyl sites for hydroxylation is 1. The monoisotopic (exact) mass is 496 g/mol. The average molecular weight is 497 g/mol. The van der Waals surface area contributed by atoms with Crippen LogP contribution >= 0.6 is 11.6 Å². The van der Waals surface area contributed by atoms with Gasteiger partial charge in [0.2, 0.25) is 0 Å². The van der Waals surface area contributed by atoms with Crippen LogP contribution in [0.25, 0.3) is 11.2 Å². The number of carbonyl (C=O) groups excluding carboxylic acids is 1. The number of benzene rings is 1. The van der Waals surface area contributed by atoms with Crippen LogP contribution in [0, 0.1) is 11.3 Å². The van der Waals surface area contributed by atoms with Gasteiger partial charge < -0.3 is 15.0 Å². The highest BCUT2D eigenvalue weighted by atomic mass is 35.5. The first kappa shape index (κ1) is 24.6. The summed E-state index contributed by atoms with van der Waals surface area (Å²) in [5, 5.41) is 12.8. The SMILES string of the molecule is Cn1c(=O)n(Cc2ccccc2C#N)c2c(N3CCCC(NC(=O)OC(C)(C)C)C3)cc(Cl)nc21. The Labute approximate surface area is 208 Å². The second-order valence-electron chi connectivity index (χ2n) is 9.76. The molecule has 0 saturated carbocycles. The lowest BCUT2D eigenvalue weighted by molar-refractivity contribution is 0.0500. The molecule has 3 heterocycles. The molecule has 1 aromatic carbocycles. The molecule has 35 heavy (non-hydrogen) atoms. The van der Waals surface area contributed by atoms with Gasteiger partial charge in [0.05, 0.1) is 23.9 Å². The fraction of sp³-hybridized carbons (Fsp3) is 0.440. The predicted molar refractivity (Wildman–Crippen MR) is 135 cm³/mol. The maximum absolute atomic E-state index is 13.2. The Morgan fingerprint density at radius 2 is 2.09 bits per heavy atom. The molecule has 0 spiro atoms. The zero-order valence-corrected chi connectivity index (χ0v) is 21.1. The molecule has 0 bridgehead atoms. The Bertz CT molecular complexity index is 1360. The maximum atomic E-state index is 13.2. The Balaban J connectivity index is 1.72. The second-order valence-corrected chi connectivity index (χ2v) is 10.2. The van der Waals surface area contributed by atoms with Gasteiger partial charge in [-0.15, -0.1) is 0 Å². The van der Waals surface area contributed by atoms with Crippen molar-refractivity contribution in [3.8, 4) is 6.07 Å². The van der Waals surface area contributed by atoms with Gasteiger partial charge in [-0.05, 0) is 45.2 Å². The number of nitriles is 1. The fourth-order valence-electron chi connectivity index (χ4n) is 4.46. The van der Waals surface area contributed by atoms with E-state index in [1.807, 2.05) is 32.9 Å². The number of aromatic nitrogens is 3. The second kappa shape index (κ2) is 9.62. The molecule has 3 aromatic rings. The molecule has 9 nitrogen and oxygen atoms in total. The number of rotatable bonds is 4. The number of anilines is 1. The molecule has 1 N–H and O–H groups in total. The van der Waals surface area contributed by atoms with Gasteiger partial charge in [0, 0.05) is 32.2 Å². The van der Waals surface area contributed by atoms with Crippen molar-refractivity contribution < 1.29 is 9.53 Å². The van der Waals surface area contributed by atoms with E-state index in [1.165, 1.54) is 4.57 Å². The van der Waals surface area contributed by atoms with Crippen LogP contribution in [-0.2, 0) is 18.3 Å². The lowest BCUT2D eigenvalue weighted by Gasteiger charge is -2.35. The molecule has 1 amide bonds. The normalized spacial score (nSPS) is 16.2. The minimum absolute atomic E-state index is 0.121. The summed E-state index contributed by atoms with van der Waals surface area (Å²) in [6, 6.07) is 11.1. The number of piperidine rings is 1. The summed E-state index contributed by atoms with van der Waals surface area (Å²) in [5.41, 5.74) is 2.31. The summed E-state index contributed by atoms with van der Waals surface area (Å²) in [7, 11) is 1.66. The van der Waals surface area contributed by atoms with Crippen LogP contribution in [0.5, 0.6) is 0 Å². The Hall–Kier alpha value is -3.51. The van der Waals surface area contributed by atoms with E-state index in [0.29, 0.717) is 23.3 Å². The minimum atomic E-state index is -0.580. The molecule has 1 fully saturated rings. The molecule has 1 unspecified atom stereocenters. The van der Waals surface area contributed by atoms with Gasteiger partial charge in [-0.1, -0.05) is 29.8 Å². The number of nitrogens with zero attached hydrogens (tertiary/aromatic N) is 5. The van der Waals surface area contributed by atoms with Crippen LogP contribution in [0.3, 0.4) is 0 Å². The zero-order valence-electron chi connectivity index (χ0n) is 20.3. The van der Waals surface area contributed by atoms with Gasteiger partial charge >= 0.3 is 11.8 Å². The van der Waals surface area contributed by atoms with E-state index >= 15 is 0 Å². The molecule has 2 aromatic heterocycles. The third-order valence-corrected chi connectivity index (χ3v) is 6.17. The Morgan fingerprint density at radius 3 is 2.80 bits per heavy atom. The van der Waals surface area contributed by atoms with Gasteiger partial charge in [-0.2, -0.15) is 5.26 Å². The number of fused-ring (bicyclic) bond motifs is 1. The van der Waals surface area contributed by atoms with Gasteiger partial charge in [0.25, 0.3) is 0 Å². The van der Waals surface area contributed by atoms with Crippen molar-refractivity contribution in [1.82, 2.24) is 19.4 Å². The van der Waals surface area contributed by atoms with Crippen molar-refractivity contribution in [1.29, 1.82) is 5.26 Å². The third-order valence-electron chi connectivity index (χ3n) is 5.98. The summed E-state index contributed by atoms with van der Waals surface area (Å²) in [4.78, 5) is 32.1. The number of hydrogen-bond acceptors (Lipinski definition) is 6. The zero-order chi connectivity index (χ0) is 25.3. The fourth-order valence-corrected chi connectivity index (χ4v) is 4.64. The number of alkyl carbamates (subject to hydrolysis) is 1. The minimum Gasteiger partial charge on any atom is -0.444 e. The Morgan fingerprint density at radius 1 is 1.34 bits per heavy atom. The number of amides is 1. The summed E-state index contributed by atoms with van der Waals surface area (Å²) in [6.45, 7) is 6.98. The molecule has 1 saturated heterocycles. The van der Waals surface area contributed by atoms with Crippen LogP contribution in [0.15, 0.2) is 35.1 Å². The summed E-state index contributed by atoms with van der Waals surface area (Å²) in [6.07, 6.45) is 1.21. The molecular weight excluding hydrogens is 468 g/mol. The largest absolute Gasteiger partial charge is 0.444 e. The van der Waals surface area contributed by atoms with Crippen molar-refractivity contribution in [2.75, 3.05) is 18.0 Å².